The van der Waals surface area contributed by atoms with Crippen molar-refractivity contribution in [2.75, 3.05) is 17.2 Å². The Morgan fingerprint density at radius 3 is 2.43 bits per heavy atom. The number of hydrogen-bond donors (Lipinski definition) is 2. The normalized spacial score (nSPS) is 10.6. The molecule has 0 aromatic carbocycles. The van der Waals surface area contributed by atoms with Crippen LogP contribution < -0.4 is 10.6 Å². The Morgan fingerprint density at radius 2 is 1.81 bits per heavy atom. The minimum Gasteiger partial charge on any atom is -0.370 e. The van der Waals surface area contributed by atoms with E-state index in [1.54, 1.807) is 17.3 Å². The van der Waals surface area contributed by atoms with Gasteiger partial charge in [0.2, 0.25) is 0 Å². The highest BCUT2D eigenvalue weighted by molar-refractivity contribution is 5.57. The largest absolute Gasteiger partial charge is 0.370 e. The first kappa shape index (κ1) is 15.2. The Morgan fingerprint density at radius 1 is 1.05 bits per heavy atom. The molecule has 2 rings (SSSR count). The van der Waals surface area contributed by atoms with Crippen molar-refractivity contribution >= 4 is 11.6 Å². The Balaban J connectivity index is 2.12. The summed E-state index contributed by atoms with van der Waals surface area (Å²) in [5.74, 6) is 2.53. The lowest BCUT2D eigenvalue weighted by atomic mass is 10.1. The van der Waals surface area contributed by atoms with Gasteiger partial charge in [0.15, 0.2) is 5.82 Å². The molecule has 0 fully saturated rings. The van der Waals surface area contributed by atoms with Crippen LogP contribution in [0.4, 0.5) is 11.6 Å². The van der Waals surface area contributed by atoms with E-state index in [0.29, 0.717) is 6.54 Å². The van der Waals surface area contributed by atoms with Crippen LogP contribution in [0.2, 0.25) is 0 Å². The molecule has 7 heteroatoms. The van der Waals surface area contributed by atoms with E-state index in [-0.39, 0.29) is 0 Å². The van der Waals surface area contributed by atoms with Crippen molar-refractivity contribution in [3.63, 3.8) is 0 Å². The molecule has 0 saturated heterocycles. The SMILES string of the molecule is CCCNc1ncnc(NCc2ncn(C)n2)c1CCC. The zero-order chi connectivity index (χ0) is 15.1. The van der Waals surface area contributed by atoms with Gasteiger partial charge in [-0.1, -0.05) is 20.3 Å². The number of aryl methyl sites for hydroxylation is 1. The Kier molecular flexibility index (Phi) is 5.48. The smallest absolute Gasteiger partial charge is 0.169 e. The molecule has 0 aliphatic rings. The zero-order valence-electron chi connectivity index (χ0n) is 12.9. The second-order valence-electron chi connectivity index (χ2n) is 4.91. The lowest BCUT2D eigenvalue weighted by Gasteiger charge is -2.14. The molecule has 0 amide bonds. The van der Waals surface area contributed by atoms with Crippen molar-refractivity contribution in [1.29, 1.82) is 0 Å². The monoisotopic (exact) mass is 289 g/mol. The first-order valence-electron chi connectivity index (χ1n) is 7.40. The van der Waals surface area contributed by atoms with Crippen LogP contribution in [0.3, 0.4) is 0 Å². The quantitative estimate of drug-likeness (QED) is 0.773. The molecule has 0 spiro atoms. The highest BCUT2D eigenvalue weighted by Crippen LogP contribution is 2.22. The summed E-state index contributed by atoms with van der Waals surface area (Å²) < 4.78 is 1.69. The van der Waals surface area contributed by atoms with Gasteiger partial charge < -0.3 is 10.6 Å². The minimum absolute atomic E-state index is 0.557. The van der Waals surface area contributed by atoms with Gasteiger partial charge in [-0.3, -0.25) is 4.68 Å². The van der Waals surface area contributed by atoms with Crippen LogP contribution in [0.1, 0.15) is 38.1 Å². The summed E-state index contributed by atoms with van der Waals surface area (Å²) in [6.45, 7) is 5.76. The first-order chi connectivity index (χ1) is 10.2. The standard InChI is InChI=1S/C14H23N7/c1-4-6-11-13(15-7-5-2)17-9-18-14(11)16-8-12-19-10-21(3)20-12/h9-10H,4-8H2,1-3H3,(H2,15,16,17,18). The molecule has 0 radical (unpaired) electrons. The molecule has 21 heavy (non-hydrogen) atoms. The third-order valence-corrected chi connectivity index (χ3v) is 3.05. The maximum Gasteiger partial charge on any atom is 0.169 e. The molecule has 7 nitrogen and oxygen atoms in total. The van der Waals surface area contributed by atoms with E-state index in [1.807, 2.05) is 7.05 Å². The number of rotatable bonds is 8. The van der Waals surface area contributed by atoms with E-state index in [9.17, 15) is 0 Å². The molecule has 0 saturated carbocycles. The van der Waals surface area contributed by atoms with Gasteiger partial charge in [0.05, 0.1) is 6.54 Å². The van der Waals surface area contributed by atoms with Gasteiger partial charge in [-0.2, -0.15) is 5.10 Å². The third kappa shape index (κ3) is 4.14. The number of anilines is 2. The van der Waals surface area contributed by atoms with Gasteiger partial charge in [-0.25, -0.2) is 15.0 Å². The molecule has 2 N–H and O–H groups in total. The van der Waals surface area contributed by atoms with Crippen molar-refractivity contribution in [2.45, 2.75) is 39.7 Å². The Labute approximate surface area is 125 Å². The Hall–Kier alpha value is -2.18. The predicted molar refractivity (Wildman–Crippen MR) is 83.1 cm³/mol. The van der Waals surface area contributed by atoms with Crippen molar-refractivity contribution in [3.8, 4) is 0 Å². The fourth-order valence-corrected chi connectivity index (χ4v) is 2.07. The van der Waals surface area contributed by atoms with E-state index in [1.165, 1.54) is 0 Å². The van der Waals surface area contributed by atoms with Crippen LogP contribution >= 0.6 is 0 Å². The molecule has 0 aliphatic heterocycles. The van der Waals surface area contributed by atoms with Crippen molar-refractivity contribution in [3.05, 3.63) is 24.0 Å². The van der Waals surface area contributed by atoms with E-state index in [0.717, 1.165) is 48.8 Å². The summed E-state index contributed by atoms with van der Waals surface area (Å²) in [6.07, 6.45) is 6.33. The van der Waals surface area contributed by atoms with Gasteiger partial charge in [0, 0.05) is 19.2 Å². The topological polar surface area (TPSA) is 80.5 Å². The van der Waals surface area contributed by atoms with E-state index < -0.39 is 0 Å². The lowest BCUT2D eigenvalue weighted by Crippen LogP contribution is -2.11. The molecule has 0 unspecified atom stereocenters. The summed E-state index contributed by atoms with van der Waals surface area (Å²) in [5.41, 5.74) is 1.13. The average molecular weight is 289 g/mol. The van der Waals surface area contributed by atoms with Crippen LogP contribution in [0, 0.1) is 0 Å². The molecular formula is C14H23N7. The second-order valence-corrected chi connectivity index (χ2v) is 4.91. The lowest BCUT2D eigenvalue weighted by molar-refractivity contribution is 0.746. The van der Waals surface area contributed by atoms with E-state index in [2.05, 4.69) is 44.5 Å². The fourth-order valence-electron chi connectivity index (χ4n) is 2.07. The van der Waals surface area contributed by atoms with Crippen LogP contribution in [0.5, 0.6) is 0 Å². The van der Waals surface area contributed by atoms with Gasteiger partial charge in [-0.15, -0.1) is 0 Å². The number of hydrogen-bond acceptors (Lipinski definition) is 6. The highest BCUT2D eigenvalue weighted by Gasteiger charge is 2.11. The molecule has 114 valence electrons. The van der Waals surface area contributed by atoms with Crippen molar-refractivity contribution in [1.82, 2.24) is 24.7 Å². The highest BCUT2D eigenvalue weighted by atomic mass is 15.3. The summed E-state index contributed by atoms with van der Waals surface area (Å²) in [6, 6.07) is 0. The summed E-state index contributed by atoms with van der Waals surface area (Å²) in [4.78, 5) is 12.9. The fraction of sp³-hybridized carbons (Fsp3) is 0.571. The first-order valence-corrected chi connectivity index (χ1v) is 7.40. The molecule has 2 heterocycles. The Bertz CT molecular complexity index is 564. The zero-order valence-corrected chi connectivity index (χ0v) is 12.9. The number of nitrogens with one attached hydrogen (secondary N) is 2. The molecule has 0 bridgehead atoms. The van der Waals surface area contributed by atoms with Crippen molar-refractivity contribution < 1.29 is 0 Å². The molecular weight excluding hydrogens is 266 g/mol. The number of aromatic nitrogens is 5. The predicted octanol–water partition coefficient (Wildman–Crippen LogP) is 1.99. The van der Waals surface area contributed by atoms with Crippen LogP contribution in [0.15, 0.2) is 12.7 Å². The van der Waals surface area contributed by atoms with E-state index in [4.69, 9.17) is 0 Å². The van der Waals surface area contributed by atoms with Gasteiger partial charge in [-0.05, 0) is 12.8 Å². The number of nitrogens with zero attached hydrogens (tertiary/aromatic N) is 5. The molecule has 0 atom stereocenters. The maximum atomic E-state index is 4.36. The van der Waals surface area contributed by atoms with Gasteiger partial charge >= 0.3 is 0 Å². The molecule has 2 aromatic heterocycles. The van der Waals surface area contributed by atoms with E-state index >= 15 is 0 Å². The minimum atomic E-state index is 0.557. The second kappa shape index (κ2) is 7.56. The van der Waals surface area contributed by atoms with Crippen LogP contribution in [0.25, 0.3) is 0 Å². The molecule has 2 aromatic rings. The summed E-state index contributed by atoms with van der Waals surface area (Å²) >= 11 is 0. The average Bonchev–Trinajstić information content (AvgIpc) is 2.90. The summed E-state index contributed by atoms with van der Waals surface area (Å²) in [7, 11) is 1.86. The van der Waals surface area contributed by atoms with Gasteiger partial charge in [0.1, 0.15) is 24.3 Å². The van der Waals surface area contributed by atoms with Crippen molar-refractivity contribution in [2.24, 2.45) is 7.05 Å². The molecule has 0 aliphatic carbocycles. The maximum absolute atomic E-state index is 4.36. The van der Waals surface area contributed by atoms with Gasteiger partial charge in [0.25, 0.3) is 0 Å². The summed E-state index contributed by atoms with van der Waals surface area (Å²) in [5, 5.41) is 10.9. The van der Waals surface area contributed by atoms with Crippen LogP contribution in [-0.4, -0.2) is 31.3 Å². The third-order valence-electron chi connectivity index (χ3n) is 3.05. The van der Waals surface area contributed by atoms with Crippen LogP contribution in [-0.2, 0) is 20.0 Å².